The monoisotopic (exact) mass is 165 g/mol. The predicted molar refractivity (Wildman–Crippen MR) is 49.1 cm³/mol. The van der Waals surface area contributed by atoms with E-state index in [4.69, 9.17) is 15.9 Å². The third-order valence-electron chi connectivity index (χ3n) is 1.05. The van der Waals surface area contributed by atoms with Gasteiger partial charge in [0.2, 0.25) is 0 Å². The molecule has 0 bridgehead atoms. The fourth-order valence-corrected chi connectivity index (χ4v) is 0.677. The molecular formula is C8H11N3O. The van der Waals surface area contributed by atoms with Crippen molar-refractivity contribution < 1.29 is 4.79 Å². The summed E-state index contributed by atoms with van der Waals surface area (Å²) in [4.78, 5) is 8.00. The zero-order chi connectivity index (χ0) is 9.40. The third-order valence-corrected chi connectivity index (χ3v) is 1.05. The molecule has 0 amide bonds. The first-order valence-corrected chi connectivity index (χ1v) is 3.24. The average molecular weight is 165 g/mol. The van der Waals surface area contributed by atoms with E-state index in [1.165, 1.54) is 0 Å². The first-order valence-electron chi connectivity index (χ1n) is 3.24. The van der Waals surface area contributed by atoms with Gasteiger partial charge < -0.3 is 15.8 Å². The van der Waals surface area contributed by atoms with Crippen molar-refractivity contribution in [3.63, 3.8) is 0 Å². The fraction of sp³-hybridized carbons (Fsp3) is 0. The van der Waals surface area contributed by atoms with Crippen molar-refractivity contribution in [1.82, 2.24) is 0 Å². The highest BCUT2D eigenvalue weighted by molar-refractivity contribution is 5.89. The van der Waals surface area contributed by atoms with Crippen LogP contribution in [0.5, 0.6) is 0 Å². The van der Waals surface area contributed by atoms with Crippen molar-refractivity contribution in [2.45, 2.75) is 0 Å². The number of rotatable bonds is 1. The van der Waals surface area contributed by atoms with Gasteiger partial charge in [-0.25, -0.2) is 0 Å². The highest BCUT2D eigenvalue weighted by Crippen LogP contribution is 2.02. The van der Waals surface area contributed by atoms with Crippen LogP contribution < -0.4 is 11.1 Å². The van der Waals surface area contributed by atoms with Crippen molar-refractivity contribution >= 4 is 18.4 Å². The number of benzene rings is 1. The van der Waals surface area contributed by atoms with Crippen molar-refractivity contribution in [2.24, 2.45) is 5.73 Å². The van der Waals surface area contributed by atoms with Crippen LogP contribution in [0.25, 0.3) is 0 Å². The van der Waals surface area contributed by atoms with Crippen molar-refractivity contribution in [1.29, 1.82) is 5.41 Å². The first kappa shape index (κ1) is 10.2. The molecule has 0 saturated heterocycles. The average Bonchev–Trinajstić information content (AvgIpc) is 2.08. The first-order chi connectivity index (χ1) is 5.79. The Morgan fingerprint density at radius 1 is 1.33 bits per heavy atom. The number of anilines is 1. The number of carbonyl (C=O) groups is 1. The van der Waals surface area contributed by atoms with Gasteiger partial charge in [0.15, 0.2) is 5.96 Å². The Kier molecular flexibility index (Phi) is 5.00. The van der Waals surface area contributed by atoms with E-state index in [1.54, 1.807) is 0 Å². The molecule has 0 aliphatic rings. The summed E-state index contributed by atoms with van der Waals surface area (Å²) < 4.78 is 0. The molecule has 0 heterocycles. The number of para-hydroxylation sites is 1. The van der Waals surface area contributed by atoms with Gasteiger partial charge in [0.1, 0.15) is 6.79 Å². The van der Waals surface area contributed by atoms with Crippen molar-refractivity contribution in [2.75, 3.05) is 5.32 Å². The van der Waals surface area contributed by atoms with Crippen molar-refractivity contribution in [3.05, 3.63) is 30.3 Å². The standard InChI is InChI=1S/C7H9N3.CH2O/c8-7(9)10-6-4-2-1-3-5-6;1-2/h1-5H,(H4,8,9,10);1H2. The SMILES string of the molecule is C=O.N=C(N)Nc1ccccc1. The molecule has 0 unspecified atom stereocenters. The maximum absolute atomic E-state index is 8.00. The summed E-state index contributed by atoms with van der Waals surface area (Å²) in [6.45, 7) is 2.00. The predicted octanol–water partition coefficient (Wildman–Crippen LogP) is 0.807. The van der Waals surface area contributed by atoms with E-state index in [-0.39, 0.29) is 5.96 Å². The number of carbonyl (C=O) groups excluding carboxylic acids is 1. The smallest absolute Gasteiger partial charge is 0.190 e. The number of nitrogens with two attached hydrogens (primary N) is 1. The van der Waals surface area contributed by atoms with Gasteiger partial charge in [0.05, 0.1) is 0 Å². The number of hydrogen-bond donors (Lipinski definition) is 3. The molecule has 0 fully saturated rings. The molecule has 1 aromatic rings. The Hall–Kier alpha value is -1.84. The van der Waals surface area contributed by atoms with E-state index in [9.17, 15) is 0 Å². The highest BCUT2D eigenvalue weighted by Gasteiger charge is 1.87. The Balaban J connectivity index is 0.000000561. The second kappa shape index (κ2) is 5.91. The van der Waals surface area contributed by atoms with E-state index < -0.39 is 0 Å². The van der Waals surface area contributed by atoms with Crippen LogP contribution in [-0.2, 0) is 4.79 Å². The normalized spacial score (nSPS) is 7.67. The van der Waals surface area contributed by atoms with Crippen LogP contribution in [0.1, 0.15) is 0 Å². The van der Waals surface area contributed by atoms with Crippen LogP contribution >= 0.6 is 0 Å². The summed E-state index contributed by atoms with van der Waals surface area (Å²) in [5.74, 6) is -0.0359. The highest BCUT2D eigenvalue weighted by atomic mass is 16.1. The Bertz CT molecular complexity index is 235. The van der Waals surface area contributed by atoms with E-state index in [0.717, 1.165) is 5.69 Å². The molecule has 0 atom stereocenters. The van der Waals surface area contributed by atoms with Gasteiger partial charge in [-0.15, -0.1) is 0 Å². The van der Waals surface area contributed by atoms with Crippen LogP contribution in [-0.4, -0.2) is 12.7 Å². The maximum Gasteiger partial charge on any atom is 0.190 e. The quantitative estimate of drug-likeness (QED) is 0.425. The molecule has 64 valence electrons. The van der Waals surface area contributed by atoms with Crippen LogP contribution in [0.4, 0.5) is 5.69 Å². The molecule has 0 aromatic heterocycles. The van der Waals surface area contributed by atoms with E-state index in [2.05, 4.69) is 5.32 Å². The van der Waals surface area contributed by atoms with E-state index in [0.29, 0.717) is 0 Å². The zero-order valence-electron chi connectivity index (χ0n) is 6.58. The summed E-state index contributed by atoms with van der Waals surface area (Å²) >= 11 is 0. The van der Waals surface area contributed by atoms with Crippen LogP contribution in [0.2, 0.25) is 0 Å². The number of nitrogens with one attached hydrogen (secondary N) is 2. The van der Waals surface area contributed by atoms with Crippen molar-refractivity contribution in [3.8, 4) is 0 Å². The molecule has 0 radical (unpaired) electrons. The second-order valence-electron chi connectivity index (χ2n) is 1.90. The third kappa shape index (κ3) is 4.05. The molecule has 0 saturated carbocycles. The lowest BCUT2D eigenvalue weighted by Crippen LogP contribution is -2.20. The van der Waals surface area contributed by atoms with Gasteiger partial charge in [0, 0.05) is 5.69 Å². The molecule has 1 aromatic carbocycles. The Morgan fingerprint density at radius 3 is 2.25 bits per heavy atom. The molecule has 12 heavy (non-hydrogen) atoms. The molecule has 4 nitrogen and oxygen atoms in total. The maximum atomic E-state index is 8.00. The lowest BCUT2D eigenvalue weighted by Gasteiger charge is -2.00. The summed E-state index contributed by atoms with van der Waals surface area (Å²) in [5, 5.41) is 9.56. The molecule has 4 N–H and O–H groups in total. The van der Waals surface area contributed by atoms with Gasteiger partial charge in [-0.2, -0.15) is 0 Å². The summed E-state index contributed by atoms with van der Waals surface area (Å²) in [6, 6.07) is 9.37. The summed E-state index contributed by atoms with van der Waals surface area (Å²) in [5.41, 5.74) is 5.94. The van der Waals surface area contributed by atoms with Gasteiger partial charge in [-0.3, -0.25) is 5.41 Å². The van der Waals surface area contributed by atoms with Crippen LogP contribution in [0.3, 0.4) is 0 Å². The minimum Gasteiger partial charge on any atom is -0.370 e. The van der Waals surface area contributed by atoms with Gasteiger partial charge in [0.25, 0.3) is 0 Å². The summed E-state index contributed by atoms with van der Waals surface area (Å²) in [7, 11) is 0. The van der Waals surface area contributed by atoms with Gasteiger partial charge in [-0.1, -0.05) is 18.2 Å². The molecular weight excluding hydrogens is 154 g/mol. The van der Waals surface area contributed by atoms with E-state index >= 15 is 0 Å². The second-order valence-corrected chi connectivity index (χ2v) is 1.90. The number of hydrogen-bond acceptors (Lipinski definition) is 2. The van der Waals surface area contributed by atoms with Gasteiger partial charge >= 0.3 is 0 Å². The minimum absolute atomic E-state index is 0.0359. The minimum atomic E-state index is -0.0359. The largest absolute Gasteiger partial charge is 0.370 e. The summed E-state index contributed by atoms with van der Waals surface area (Å²) in [6.07, 6.45) is 0. The fourth-order valence-electron chi connectivity index (χ4n) is 0.677. The Labute approximate surface area is 70.9 Å². The molecule has 1 rings (SSSR count). The zero-order valence-corrected chi connectivity index (χ0v) is 6.58. The molecule has 0 aliphatic carbocycles. The Morgan fingerprint density at radius 2 is 1.83 bits per heavy atom. The molecule has 4 heteroatoms. The topological polar surface area (TPSA) is 79.0 Å². The van der Waals surface area contributed by atoms with Crippen LogP contribution in [0.15, 0.2) is 30.3 Å². The molecule has 0 spiro atoms. The lowest BCUT2D eigenvalue weighted by atomic mass is 10.3. The lowest BCUT2D eigenvalue weighted by molar-refractivity contribution is -0.0979. The molecule has 0 aliphatic heterocycles. The van der Waals surface area contributed by atoms with Gasteiger partial charge in [-0.05, 0) is 12.1 Å². The van der Waals surface area contributed by atoms with E-state index in [1.807, 2.05) is 37.1 Å². The number of guanidine groups is 1. The van der Waals surface area contributed by atoms with Crippen LogP contribution in [0, 0.1) is 5.41 Å².